The molecule has 4 aliphatic carbocycles. The quantitative estimate of drug-likeness (QED) is 0.486. The second kappa shape index (κ2) is 7.20. The Balaban J connectivity index is 1.66. The number of esters is 3. The molecule has 8 heteroatoms. The van der Waals surface area contributed by atoms with Crippen molar-refractivity contribution in [1.29, 1.82) is 0 Å². The summed E-state index contributed by atoms with van der Waals surface area (Å²) in [4.78, 5) is 36.4. The minimum Gasteiger partial charge on any atom is -0.461 e. The summed E-state index contributed by atoms with van der Waals surface area (Å²) in [6, 6.07) is 0. The van der Waals surface area contributed by atoms with Crippen LogP contribution in [0.4, 0.5) is 8.78 Å². The molecule has 0 aromatic rings. The lowest BCUT2D eigenvalue weighted by Gasteiger charge is -2.60. The Morgan fingerprint density at radius 2 is 1.55 bits per heavy atom. The van der Waals surface area contributed by atoms with Crippen LogP contribution in [0.25, 0.3) is 0 Å². The highest BCUT2D eigenvalue weighted by molar-refractivity contribution is 5.81. The number of alkyl halides is 2. The van der Waals surface area contributed by atoms with E-state index < -0.39 is 46.9 Å². The van der Waals surface area contributed by atoms with Crippen molar-refractivity contribution in [3.8, 4) is 0 Å². The van der Waals surface area contributed by atoms with Crippen LogP contribution in [-0.2, 0) is 28.6 Å². The lowest BCUT2D eigenvalue weighted by molar-refractivity contribution is -0.197. The molecule has 0 N–H and O–H groups in total. The SMILES string of the molecule is CC(C)(C)OC(=O)COC(=O)C12CC3CC(CC(COC(=O)C(C)(F)F)(C3)C1)C2. The number of halogens is 2. The molecule has 2 unspecified atom stereocenters. The van der Waals surface area contributed by atoms with Crippen LogP contribution in [0.2, 0.25) is 0 Å². The van der Waals surface area contributed by atoms with Crippen molar-refractivity contribution in [3.05, 3.63) is 0 Å². The van der Waals surface area contributed by atoms with Gasteiger partial charge in [0.15, 0.2) is 6.61 Å². The molecule has 164 valence electrons. The molecule has 4 fully saturated rings. The molecule has 4 rings (SSSR count). The molecule has 4 bridgehead atoms. The van der Waals surface area contributed by atoms with Gasteiger partial charge in [-0.3, -0.25) is 4.79 Å². The van der Waals surface area contributed by atoms with Gasteiger partial charge in [0.1, 0.15) is 5.60 Å². The van der Waals surface area contributed by atoms with Crippen molar-refractivity contribution < 1.29 is 37.4 Å². The van der Waals surface area contributed by atoms with E-state index in [1.54, 1.807) is 20.8 Å². The second-order valence-electron chi connectivity index (χ2n) is 10.4. The van der Waals surface area contributed by atoms with Crippen molar-refractivity contribution in [1.82, 2.24) is 0 Å². The highest BCUT2D eigenvalue weighted by Crippen LogP contribution is 2.65. The monoisotopic (exact) mass is 416 g/mol. The molecular weight excluding hydrogens is 386 g/mol. The summed E-state index contributed by atoms with van der Waals surface area (Å²) >= 11 is 0. The summed E-state index contributed by atoms with van der Waals surface area (Å²) in [6.45, 7) is 5.16. The van der Waals surface area contributed by atoms with E-state index in [0.29, 0.717) is 26.2 Å². The minimum atomic E-state index is -3.54. The predicted octanol–water partition coefficient (Wildman–Crippen LogP) is 3.66. The standard InChI is InChI=1S/C21H30F2O6/c1-18(2,3)29-15(24)10-27-17(26)21-8-13-5-14(9-21)7-20(6-13,11-21)12-28-16(25)19(4,22)23/h13-14H,5-12H2,1-4H3. The molecule has 0 aliphatic heterocycles. The molecule has 0 radical (unpaired) electrons. The van der Waals surface area contributed by atoms with Gasteiger partial charge in [-0.15, -0.1) is 0 Å². The minimum absolute atomic E-state index is 0.108. The van der Waals surface area contributed by atoms with Gasteiger partial charge in [0.25, 0.3) is 0 Å². The van der Waals surface area contributed by atoms with Crippen molar-refractivity contribution in [3.63, 3.8) is 0 Å². The van der Waals surface area contributed by atoms with Gasteiger partial charge < -0.3 is 14.2 Å². The number of hydrogen-bond donors (Lipinski definition) is 0. The lowest BCUT2D eigenvalue weighted by atomic mass is 9.44. The Labute approximate surface area is 169 Å². The normalized spacial score (nSPS) is 33.3. The largest absolute Gasteiger partial charge is 0.461 e. The maximum Gasteiger partial charge on any atom is 0.376 e. The predicted molar refractivity (Wildman–Crippen MR) is 97.9 cm³/mol. The van der Waals surface area contributed by atoms with E-state index in [-0.39, 0.29) is 18.4 Å². The van der Waals surface area contributed by atoms with Crippen molar-refractivity contribution in [2.45, 2.75) is 77.7 Å². The Morgan fingerprint density at radius 3 is 2.07 bits per heavy atom. The van der Waals surface area contributed by atoms with Crippen LogP contribution < -0.4 is 0 Å². The molecule has 29 heavy (non-hydrogen) atoms. The van der Waals surface area contributed by atoms with Crippen molar-refractivity contribution in [2.75, 3.05) is 13.2 Å². The fourth-order valence-corrected chi connectivity index (χ4v) is 5.85. The second-order valence-corrected chi connectivity index (χ2v) is 10.4. The van der Waals surface area contributed by atoms with Crippen LogP contribution in [-0.4, -0.2) is 42.6 Å². The Bertz CT molecular complexity index is 676. The molecule has 0 saturated heterocycles. The Kier molecular flexibility index (Phi) is 5.45. The van der Waals surface area contributed by atoms with Gasteiger partial charge in [-0.25, -0.2) is 9.59 Å². The molecular formula is C21H30F2O6. The van der Waals surface area contributed by atoms with E-state index in [0.717, 1.165) is 19.3 Å². The Morgan fingerprint density at radius 1 is 0.966 bits per heavy atom. The van der Waals surface area contributed by atoms with Crippen LogP contribution in [0.3, 0.4) is 0 Å². The summed E-state index contributed by atoms with van der Waals surface area (Å²) in [5.41, 5.74) is -1.89. The zero-order chi connectivity index (χ0) is 21.7. The summed E-state index contributed by atoms with van der Waals surface area (Å²) in [7, 11) is 0. The van der Waals surface area contributed by atoms with Crippen LogP contribution in [0.15, 0.2) is 0 Å². The first-order valence-corrected chi connectivity index (χ1v) is 10.2. The van der Waals surface area contributed by atoms with Gasteiger partial charge >= 0.3 is 23.8 Å². The van der Waals surface area contributed by atoms with E-state index in [4.69, 9.17) is 14.2 Å². The van der Waals surface area contributed by atoms with E-state index in [2.05, 4.69) is 0 Å². The van der Waals surface area contributed by atoms with Crippen LogP contribution in [0.1, 0.15) is 66.2 Å². The van der Waals surface area contributed by atoms with Crippen molar-refractivity contribution >= 4 is 17.9 Å². The number of carbonyl (C=O) groups excluding carboxylic acids is 3. The third kappa shape index (κ3) is 4.89. The molecule has 6 nitrogen and oxygen atoms in total. The Hall–Kier alpha value is -1.73. The number of hydrogen-bond acceptors (Lipinski definition) is 6. The first-order valence-electron chi connectivity index (χ1n) is 10.2. The van der Waals surface area contributed by atoms with Gasteiger partial charge in [-0.05, 0) is 71.1 Å². The summed E-state index contributed by atoms with van der Waals surface area (Å²) in [6.07, 6.45) is 4.26. The smallest absolute Gasteiger partial charge is 0.376 e. The summed E-state index contributed by atoms with van der Waals surface area (Å²) in [5.74, 6) is -5.57. The molecule has 0 aromatic heterocycles. The third-order valence-electron chi connectivity index (χ3n) is 6.22. The number of rotatable bonds is 6. The first kappa shape index (κ1) is 22.0. The summed E-state index contributed by atoms with van der Waals surface area (Å²) in [5, 5.41) is 0. The molecule has 0 spiro atoms. The molecule has 4 aliphatic rings. The molecule has 2 atom stereocenters. The van der Waals surface area contributed by atoms with Gasteiger partial charge in [0.2, 0.25) is 0 Å². The van der Waals surface area contributed by atoms with E-state index >= 15 is 0 Å². The van der Waals surface area contributed by atoms with Crippen LogP contribution in [0, 0.1) is 22.7 Å². The van der Waals surface area contributed by atoms with E-state index in [1.165, 1.54) is 0 Å². The van der Waals surface area contributed by atoms with Gasteiger partial charge in [-0.2, -0.15) is 8.78 Å². The average Bonchev–Trinajstić information content (AvgIpc) is 2.54. The maximum atomic E-state index is 13.2. The maximum absolute atomic E-state index is 13.2. The number of carbonyl (C=O) groups is 3. The third-order valence-corrected chi connectivity index (χ3v) is 6.22. The van der Waals surface area contributed by atoms with E-state index in [9.17, 15) is 23.2 Å². The lowest BCUT2D eigenvalue weighted by Crippen LogP contribution is -2.57. The molecule has 0 amide bonds. The highest BCUT2D eigenvalue weighted by Gasteiger charge is 2.61. The highest BCUT2D eigenvalue weighted by atomic mass is 19.3. The first-order chi connectivity index (χ1) is 13.2. The fourth-order valence-electron chi connectivity index (χ4n) is 5.85. The zero-order valence-electron chi connectivity index (χ0n) is 17.5. The zero-order valence-corrected chi connectivity index (χ0v) is 17.5. The van der Waals surface area contributed by atoms with Gasteiger partial charge in [0.05, 0.1) is 12.0 Å². The molecule has 0 aromatic carbocycles. The average molecular weight is 416 g/mol. The topological polar surface area (TPSA) is 78.9 Å². The van der Waals surface area contributed by atoms with Crippen LogP contribution in [0.5, 0.6) is 0 Å². The molecule has 4 saturated carbocycles. The van der Waals surface area contributed by atoms with Crippen LogP contribution >= 0.6 is 0 Å². The van der Waals surface area contributed by atoms with Gasteiger partial charge in [-0.1, -0.05) is 0 Å². The van der Waals surface area contributed by atoms with Crippen molar-refractivity contribution in [2.24, 2.45) is 22.7 Å². The fraction of sp³-hybridized carbons (Fsp3) is 0.857. The summed E-state index contributed by atoms with van der Waals surface area (Å²) < 4.78 is 41.8. The van der Waals surface area contributed by atoms with E-state index in [1.807, 2.05) is 0 Å². The molecule has 0 heterocycles. The van der Waals surface area contributed by atoms with Gasteiger partial charge in [0, 0.05) is 12.3 Å². The number of ether oxygens (including phenoxy) is 3.